The van der Waals surface area contributed by atoms with E-state index >= 15 is 0 Å². The van der Waals surface area contributed by atoms with Crippen LogP contribution in [0.2, 0.25) is 0 Å². The van der Waals surface area contributed by atoms with Gasteiger partial charge in [-0.3, -0.25) is 9.79 Å². The van der Waals surface area contributed by atoms with Crippen LogP contribution in [-0.4, -0.2) is 29.9 Å². The van der Waals surface area contributed by atoms with Gasteiger partial charge in [0.1, 0.15) is 23.7 Å². The summed E-state index contributed by atoms with van der Waals surface area (Å²) in [6.07, 6.45) is 1.60. The zero-order valence-corrected chi connectivity index (χ0v) is 17.5. The summed E-state index contributed by atoms with van der Waals surface area (Å²) in [7, 11) is 0. The zero-order valence-electron chi connectivity index (χ0n) is 14.3. The van der Waals surface area contributed by atoms with Gasteiger partial charge in [0.25, 0.3) is 5.91 Å². The Bertz CT molecular complexity index is 901. The Morgan fingerprint density at radius 2 is 2.04 bits per heavy atom. The molecule has 1 aliphatic heterocycles. The second-order valence-corrected chi connectivity index (χ2v) is 8.20. The second-order valence-electron chi connectivity index (χ2n) is 6.37. The number of nitrogens with one attached hydrogen (secondary N) is 1. The largest absolute Gasteiger partial charge is 0.386 e. The van der Waals surface area contributed by atoms with Crippen molar-refractivity contribution in [1.29, 1.82) is 0 Å². The van der Waals surface area contributed by atoms with Crippen LogP contribution in [-0.2, 0) is 10.3 Å². The Morgan fingerprint density at radius 3 is 2.73 bits per heavy atom. The molecule has 0 spiro atoms. The van der Waals surface area contributed by atoms with E-state index in [4.69, 9.17) is 10.5 Å². The normalized spacial score (nSPS) is 19.8. The molecule has 3 rings (SSSR count). The fraction of sp³-hybridized carbons (Fsp3) is 0.278. The first-order chi connectivity index (χ1) is 12.3. The lowest BCUT2D eigenvalue weighted by Gasteiger charge is -2.30. The van der Waals surface area contributed by atoms with Crippen molar-refractivity contribution in [2.24, 2.45) is 10.7 Å². The van der Waals surface area contributed by atoms with Crippen molar-refractivity contribution in [2.75, 3.05) is 18.5 Å². The number of nitrogens with two attached hydrogens (primary N) is 1. The molecule has 8 heteroatoms. The summed E-state index contributed by atoms with van der Waals surface area (Å²) >= 11 is 6.85. The molecule has 0 fully saturated rings. The molecule has 1 aromatic carbocycles. The Labute approximate surface area is 168 Å². The topological polar surface area (TPSA) is 89.6 Å². The summed E-state index contributed by atoms with van der Waals surface area (Å²) in [4.78, 5) is 21.3. The molecule has 0 radical (unpaired) electrons. The molecule has 1 atom stereocenters. The first-order valence-electron chi connectivity index (χ1n) is 7.93. The summed E-state index contributed by atoms with van der Waals surface area (Å²) in [6, 6.07) is 7.51. The molecule has 1 aliphatic rings. The molecule has 136 valence electrons. The monoisotopic (exact) mass is 480 g/mol. The van der Waals surface area contributed by atoms with Crippen molar-refractivity contribution in [1.82, 2.24) is 4.98 Å². The van der Waals surface area contributed by atoms with Gasteiger partial charge in [-0.05, 0) is 65.2 Å². The number of aromatic nitrogens is 1. The van der Waals surface area contributed by atoms with Crippen LogP contribution in [0.25, 0.3) is 0 Å². The molecule has 0 aliphatic carbocycles. The number of halogens is 2. The van der Waals surface area contributed by atoms with Gasteiger partial charge in [-0.25, -0.2) is 4.98 Å². The minimum Gasteiger partial charge on any atom is -0.386 e. The van der Waals surface area contributed by atoms with Crippen molar-refractivity contribution >= 4 is 49.3 Å². The number of amides is 1. The molecular formula is C18H18Br2N4O2. The number of pyridine rings is 1. The highest BCUT2D eigenvalue weighted by Gasteiger charge is 2.30. The van der Waals surface area contributed by atoms with E-state index in [2.05, 4.69) is 47.2 Å². The van der Waals surface area contributed by atoms with Crippen LogP contribution >= 0.6 is 31.9 Å². The van der Waals surface area contributed by atoms with Crippen molar-refractivity contribution < 1.29 is 9.53 Å². The number of benzene rings is 1. The lowest BCUT2D eigenvalue weighted by molar-refractivity contribution is 0.102. The molecule has 1 aromatic heterocycles. The molecular weight excluding hydrogens is 464 g/mol. The van der Waals surface area contributed by atoms with Gasteiger partial charge in [0.05, 0.1) is 6.61 Å². The van der Waals surface area contributed by atoms with Crippen LogP contribution in [0, 0.1) is 6.92 Å². The third-order valence-corrected chi connectivity index (χ3v) is 4.95. The highest BCUT2D eigenvalue weighted by molar-refractivity contribution is 9.10. The van der Waals surface area contributed by atoms with Gasteiger partial charge in [0, 0.05) is 20.8 Å². The molecule has 1 amide bonds. The van der Waals surface area contributed by atoms with Gasteiger partial charge in [0.2, 0.25) is 0 Å². The summed E-state index contributed by atoms with van der Waals surface area (Å²) < 4.78 is 7.19. The van der Waals surface area contributed by atoms with E-state index in [9.17, 15) is 4.79 Å². The number of anilines is 1. The molecule has 0 saturated heterocycles. The van der Waals surface area contributed by atoms with Crippen LogP contribution in [0.3, 0.4) is 0 Å². The minimum atomic E-state index is -0.600. The molecule has 2 aromatic rings. The molecule has 0 unspecified atom stereocenters. The minimum absolute atomic E-state index is 0.271. The fourth-order valence-electron chi connectivity index (χ4n) is 2.82. The smallest absolute Gasteiger partial charge is 0.274 e. The fourth-order valence-corrected chi connectivity index (χ4v) is 3.76. The standard InChI is InChI=1S/C18H18Br2N4O2/c1-10-3-13(20)7-22-16(10)17(25)23-14-5-11(4-12(19)6-14)18(2)9-26-8-15(21)24-18/h3-7H,8-9H2,1-2H3,(H2,21,24)(H,23,25)/t18-/m0/s1. The summed E-state index contributed by atoms with van der Waals surface area (Å²) in [5.41, 5.74) is 7.95. The van der Waals surface area contributed by atoms with Crippen molar-refractivity contribution in [2.45, 2.75) is 19.4 Å². The zero-order chi connectivity index (χ0) is 18.9. The predicted molar refractivity (Wildman–Crippen MR) is 109 cm³/mol. The number of carbonyl (C=O) groups excluding carboxylic acids is 1. The third kappa shape index (κ3) is 4.13. The number of carbonyl (C=O) groups is 1. The number of nitrogens with zero attached hydrogens (tertiary/aromatic N) is 2. The van der Waals surface area contributed by atoms with Crippen molar-refractivity contribution in [3.63, 3.8) is 0 Å². The summed E-state index contributed by atoms with van der Waals surface area (Å²) in [6.45, 7) is 4.55. The van der Waals surface area contributed by atoms with Crippen molar-refractivity contribution in [3.05, 3.63) is 56.2 Å². The van der Waals surface area contributed by atoms with Gasteiger partial charge in [-0.1, -0.05) is 15.9 Å². The number of hydrogen-bond donors (Lipinski definition) is 2. The van der Waals surface area contributed by atoms with Gasteiger partial charge in [0.15, 0.2) is 0 Å². The Morgan fingerprint density at radius 1 is 1.27 bits per heavy atom. The van der Waals surface area contributed by atoms with E-state index in [1.165, 1.54) is 0 Å². The highest BCUT2D eigenvalue weighted by atomic mass is 79.9. The van der Waals surface area contributed by atoms with Gasteiger partial charge < -0.3 is 15.8 Å². The average Bonchev–Trinajstić information content (AvgIpc) is 2.53. The average molecular weight is 482 g/mol. The van der Waals surface area contributed by atoms with E-state index in [1.54, 1.807) is 6.20 Å². The van der Waals surface area contributed by atoms with Gasteiger partial charge in [-0.2, -0.15) is 0 Å². The number of hydrogen-bond acceptors (Lipinski definition) is 5. The van der Waals surface area contributed by atoms with E-state index in [0.29, 0.717) is 30.4 Å². The number of aryl methyl sites for hydroxylation is 1. The highest BCUT2D eigenvalue weighted by Crippen LogP contribution is 2.32. The number of aliphatic imine (C=N–C) groups is 1. The Hall–Kier alpha value is -1.77. The van der Waals surface area contributed by atoms with E-state index in [1.807, 2.05) is 38.1 Å². The second kappa shape index (κ2) is 7.46. The molecule has 0 bridgehead atoms. The van der Waals surface area contributed by atoms with E-state index in [0.717, 1.165) is 20.1 Å². The maximum Gasteiger partial charge on any atom is 0.274 e. The molecule has 6 nitrogen and oxygen atoms in total. The maximum absolute atomic E-state index is 12.6. The molecule has 2 heterocycles. The van der Waals surface area contributed by atoms with Crippen LogP contribution in [0.4, 0.5) is 5.69 Å². The Balaban J connectivity index is 1.91. The van der Waals surface area contributed by atoms with Gasteiger partial charge in [-0.15, -0.1) is 0 Å². The summed E-state index contributed by atoms with van der Waals surface area (Å²) in [5, 5.41) is 2.90. The number of ether oxygens (including phenoxy) is 1. The van der Waals surface area contributed by atoms with Crippen LogP contribution in [0.1, 0.15) is 28.5 Å². The maximum atomic E-state index is 12.6. The van der Waals surface area contributed by atoms with Crippen LogP contribution in [0.15, 0.2) is 44.4 Å². The lowest BCUT2D eigenvalue weighted by atomic mass is 9.92. The molecule has 3 N–H and O–H groups in total. The predicted octanol–water partition coefficient (Wildman–Crippen LogP) is 3.77. The quantitative estimate of drug-likeness (QED) is 0.698. The first-order valence-corrected chi connectivity index (χ1v) is 9.52. The van der Waals surface area contributed by atoms with Crippen LogP contribution < -0.4 is 11.1 Å². The number of amidine groups is 1. The molecule has 0 saturated carbocycles. The lowest BCUT2D eigenvalue weighted by Crippen LogP contribution is -2.37. The first kappa shape index (κ1) is 19.0. The Kier molecular flexibility index (Phi) is 5.45. The SMILES string of the molecule is Cc1cc(Br)cnc1C(=O)Nc1cc(Br)cc([C@]2(C)COCC(N)=N2)c1. The van der Waals surface area contributed by atoms with E-state index < -0.39 is 5.54 Å². The third-order valence-electron chi connectivity index (χ3n) is 4.06. The van der Waals surface area contributed by atoms with Gasteiger partial charge >= 0.3 is 0 Å². The number of rotatable bonds is 3. The molecule has 26 heavy (non-hydrogen) atoms. The summed E-state index contributed by atoms with van der Waals surface area (Å²) in [5.74, 6) is 0.186. The van der Waals surface area contributed by atoms with E-state index in [-0.39, 0.29) is 5.91 Å². The van der Waals surface area contributed by atoms with Crippen molar-refractivity contribution in [3.8, 4) is 0 Å². The van der Waals surface area contributed by atoms with Crippen LogP contribution in [0.5, 0.6) is 0 Å².